The van der Waals surface area contributed by atoms with E-state index in [1.807, 2.05) is 24.7 Å². The van der Waals surface area contributed by atoms with Crippen molar-refractivity contribution in [3.05, 3.63) is 18.0 Å². The van der Waals surface area contributed by atoms with E-state index in [2.05, 4.69) is 28.4 Å². The Kier molecular flexibility index (Phi) is 6.89. The summed E-state index contributed by atoms with van der Waals surface area (Å²) in [5, 5.41) is 7.65. The zero-order valence-electron chi connectivity index (χ0n) is 11.4. The molecule has 0 spiro atoms. The molecule has 0 amide bonds. The van der Waals surface area contributed by atoms with Crippen LogP contribution in [-0.2, 0) is 6.54 Å². The number of rotatable bonds is 4. The second-order valence-electron chi connectivity index (χ2n) is 4.23. The molecule has 0 aliphatic carbocycles. The normalized spacial score (nSPS) is 16.4. The molecule has 2 rings (SSSR count). The fourth-order valence-corrected chi connectivity index (χ4v) is 1.98. The van der Waals surface area contributed by atoms with E-state index in [1.165, 1.54) is 31.6 Å². The molecular weight excluding hydrogens is 212 g/mol. The lowest BCUT2D eigenvalue weighted by atomic mass is 10.3. The highest BCUT2D eigenvalue weighted by molar-refractivity contribution is 4.99. The Bertz CT molecular complexity index is 289. The zero-order chi connectivity index (χ0) is 12.5. The number of aromatic nitrogens is 2. The van der Waals surface area contributed by atoms with Crippen molar-refractivity contribution >= 4 is 0 Å². The molecule has 98 valence electrons. The molecule has 1 aliphatic rings. The van der Waals surface area contributed by atoms with Gasteiger partial charge in [0.25, 0.3) is 0 Å². The van der Waals surface area contributed by atoms with E-state index in [9.17, 15) is 0 Å². The number of nitrogens with zero attached hydrogens (tertiary/aromatic N) is 3. The summed E-state index contributed by atoms with van der Waals surface area (Å²) in [5.41, 5.74) is 1.25. The van der Waals surface area contributed by atoms with Crippen LogP contribution in [-0.4, -0.2) is 47.4 Å². The second-order valence-corrected chi connectivity index (χ2v) is 4.23. The Labute approximate surface area is 105 Å². The Hall–Kier alpha value is -0.870. The van der Waals surface area contributed by atoms with Crippen LogP contribution in [0.1, 0.15) is 25.8 Å². The molecule has 4 heteroatoms. The Morgan fingerprint density at radius 2 is 1.94 bits per heavy atom. The minimum absolute atomic E-state index is 1.04. The Morgan fingerprint density at radius 3 is 2.53 bits per heavy atom. The average molecular weight is 238 g/mol. The van der Waals surface area contributed by atoms with Crippen LogP contribution in [0.25, 0.3) is 0 Å². The predicted molar refractivity (Wildman–Crippen MR) is 72.2 cm³/mol. The van der Waals surface area contributed by atoms with Gasteiger partial charge in [0.05, 0.1) is 6.20 Å². The van der Waals surface area contributed by atoms with Gasteiger partial charge in [-0.3, -0.25) is 4.68 Å². The molecule has 1 fully saturated rings. The first-order valence-electron chi connectivity index (χ1n) is 6.77. The van der Waals surface area contributed by atoms with E-state index < -0.39 is 0 Å². The summed E-state index contributed by atoms with van der Waals surface area (Å²) in [4.78, 5) is 2.52. The van der Waals surface area contributed by atoms with E-state index in [1.54, 1.807) is 0 Å². The fourth-order valence-electron chi connectivity index (χ4n) is 1.98. The van der Waals surface area contributed by atoms with Crippen molar-refractivity contribution in [2.45, 2.75) is 33.7 Å². The first-order chi connectivity index (χ1) is 8.34. The van der Waals surface area contributed by atoms with Crippen LogP contribution >= 0.6 is 0 Å². The lowest BCUT2D eigenvalue weighted by Gasteiger charge is -2.26. The standard InChI is InChI=1S/C11H20N4.C2H6/c1-11-9-13-15(10-11)6-2-5-14-7-3-12-4-8-14;1-2/h9-10,12H,2-8H2,1H3;1-2H3. The number of nitrogens with one attached hydrogen (secondary N) is 1. The lowest BCUT2D eigenvalue weighted by molar-refractivity contribution is 0.233. The van der Waals surface area contributed by atoms with E-state index >= 15 is 0 Å². The molecule has 0 aromatic carbocycles. The summed E-state index contributed by atoms with van der Waals surface area (Å²) in [6.45, 7) is 13.0. The largest absolute Gasteiger partial charge is 0.314 e. The van der Waals surface area contributed by atoms with E-state index in [0.29, 0.717) is 0 Å². The lowest BCUT2D eigenvalue weighted by Crippen LogP contribution is -2.43. The molecule has 1 aromatic rings. The number of piperazine rings is 1. The third kappa shape index (κ3) is 5.33. The van der Waals surface area contributed by atoms with Gasteiger partial charge in [0, 0.05) is 38.9 Å². The third-order valence-corrected chi connectivity index (χ3v) is 2.83. The summed E-state index contributed by atoms with van der Waals surface area (Å²) in [6.07, 6.45) is 5.23. The first kappa shape index (κ1) is 14.2. The highest BCUT2D eigenvalue weighted by Gasteiger charge is 2.08. The molecule has 0 atom stereocenters. The Morgan fingerprint density at radius 1 is 1.24 bits per heavy atom. The monoisotopic (exact) mass is 238 g/mol. The topological polar surface area (TPSA) is 33.1 Å². The maximum atomic E-state index is 4.28. The quantitative estimate of drug-likeness (QED) is 0.863. The summed E-state index contributed by atoms with van der Waals surface area (Å²) >= 11 is 0. The first-order valence-corrected chi connectivity index (χ1v) is 6.77. The van der Waals surface area contributed by atoms with Crippen molar-refractivity contribution in [2.75, 3.05) is 32.7 Å². The molecule has 0 saturated carbocycles. The van der Waals surface area contributed by atoms with Gasteiger partial charge in [0.2, 0.25) is 0 Å². The molecule has 1 N–H and O–H groups in total. The van der Waals surface area contributed by atoms with Crippen molar-refractivity contribution in [1.82, 2.24) is 20.0 Å². The SMILES string of the molecule is CC.Cc1cnn(CCCN2CCNCC2)c1. The van der Waals surface area contributed by atoms with Gasteiger partial charge < -0.3 is 10.2 Å². The van der Waals surface area contributed by atoms with Crippen LogP contribution in [0.3, 0.4) is 0 Å². The predicted octanol–water partition coefficient (Wildman–Crippen LogP) is 1.51. The zero-order valence-corrected chi connectivity index (χ0v) is 11.4. The van der Waals surface area contributed by atoms with Gasteiger partial charge in [-0.25, -0.2) is 0 Å². The Balaban J connectivity index is 0.000000686. The highest BCUT2D eigenvalue weighted by atomic mass is 15.3. The minimum Gasteiger partial charge on any atom is -0.314 e. The molecule has 1 aliphatic heterocycles. The summed E-state index contributed by atoms with van der Waals surface area (Å²) in [6, 6.07) is 0. The number of hydrogen-bond acceptors (Lipinski definition) is 3. The van der Waals surface area contributed by atoms with Crippen LogP contribution in [0.5, 0.6) is 0 Å². The fraction of sp³-hybridized carbons (Fsp3) is 0.769. The van der Waals surface area contributed by atoms with Crippen molar-refractivity contribution in [3.8, 4) is 0 Å². The molecule has 1 aromatic heterocycles. The summed E-state index contributed by atoms with van der Waals surface area (Å²) in [5.74, 6) is 0. The van der Waals surface area contributed by atoms with Gasteiger partial charge in [-0.05, 0) is 25.5 Å². The van der Waals surface area contributed by atoms with Crippen molar-refractivity contribution < 1.29 is 0 Å². The van der Waals surface area contributed by atoms with Crippen LogP contribution in [0.15, 0.2) is 12.4 Å². The van der Waals surface area contributed by atoms with Gasteiger partial charge in [-0.1, -0.05) is 13.8 Å². The highest BCUT2D eigenvalue weighted by Crippen LogP contribution is 1.99. The molecule has 0 bridgehead atoms. The molecular formula is C13H26N4. The van der Waals surface area contributed by atoms with Crippen LogP contribution in [0.2, 0.25) is 0 Å². The maximum absolute atomic E-state index is 4.28. The van der Waals surface area contributed by atoms with Gasteiger partial charge in [-0.2, -0.15) is 5.10 Å². The van der Waals surface area contributed by atoms with Crippen LogP contribution in [0.4, 0.5) is 0 Å². The van der Waals surface area contributed by atoms with Crippen molar-refractivity contribution in [3.63, 3.8) is 0 Å². The number of aryl methyl sites for hydroxylation is 2. The van der Waals surface area contributed by atoms with Gasteiger partial charge >= 0.3 is 0 Å². The number of hydrogen-bond donors (Lipinski definition) is 1. The smallest absolute Gasteiger partial charge is 0.0518 e. The minimum atomic E-state index is 1.04. The molecule has 1 saturated heterocycles. The van der Waals surface area contributed by atoms with E-state index in [-0.39, 0.29) is 0 Å². The van der Waals surface area contributed by atoms with Crippen molar-refractivity contribution in [1.29, 1.82) is 0 Å². The summed E-state index contributed by atoms with van der Waals surface area (Å²) in [7, 11) is 0. The van der Waals surface area contributed by atoms with Gasteiger partial charge in [-0.15, -0.1) is 0 Å². The third-order valence-electron chi connectivity index (χ3n) is 2.83. The van der Waals surface area contributed by atoms with Crippen LogP contribution in [0, 0.1) is 6.92 Å². The van der Waals surface area contributed by atoms with Crippen LogP contribution < -0.4 is 5.32 Å². The average Bonchev–Trinajstić information content (AvgIpc) is 2.79. The maximum Gasteiger partial charge on any atom is 0.0518 e. The van der Waals surface area contributed by atoms with E-state index in [4.69, 9.17) is 0 Å². The molecule has 2 heterocycles. The van der Waals surface area contributed by atoms with Gasteiger partial charge in [0.15, 0.2) is 0 Å². The molecule has 0 unspecified atom stereocenters. The summed E-state index contributed by atoms with van der Waals surface area (Å²) < 4.78 is 2.04. The van der Waals surface area contributed by atoms with E-state index in [0.717, 1.165) is 19.6 Å². The van der Waals surface area contributed by atoms with Gasteiger partial charge in [0.1, 0.15) is 0 Å². The molecule has 4 nitrogen and oxygen atoms in total. The second kappa shape index (κ2) is 8.25. The van der Waals surface area contributed by atoms with Crippen molar-refractivity contribution in [2.24, 2.45) is 0 Å². The molecule has 17 heavy (non-hydrogen) atoms. The molecule has 0 radical (unpaired) electrons.